The Balaban J connectivity index is 1.37. The summed E-state index contributed by atoms with van der Waals surface area (Å²) in [5, 5.41) is 2.96. The van der Waals surface area contributed by atoms with Gasteiger partial charge in [0.05, 0.1) is 25.9 Å². The van der Waals surface area contributed by atoms with Crippen molar-refractivity contribution in [2.24, 2.45) is 0 Å². The van der Waals surface area contributed by atoms with Gasteiger partial charge in [0.1, 0.15) is 0 Å². The summed E-state index contributed by atoms with van der Waals surface area (Å²) >= 11 is 0. The van der Waals surface area contributed by atoms with Crippen LogP contribution < -0.4 is 5.32 Å². The van der Waals surface area contributed by atoms with Crippen LogP contribution in [0.4, 0.5) is 0 Å². The van der Waals surface area contributed by atoms with Crippen molar-refractivity contribution in [2.45, 2.75) is 18.9 Å². The monoisotopic (exact) mass is 340 g/mol. The van der Waals surface area contributed by atoms with E-state index in [-0.39, 0.29) is 12.0 Å². The van der Waals surface area contributed by atoms with E-state index < -0.39 is 0 Å². The fourth-order valence-electron chi connectivity index (χ4n) is 3.48. The third kappa shape index (κ3) is 3.78. The van der Waals surface area contributed by atoms with Crippen LogP contribution >= 0.6 is 0 Å². The van der Waals surface area contributed by atoms with Crippen LogP contribution in [0.25, 0.3) is 0 Å². The Morgan fingerprint density at radius 3 is 2.76 bits per heavy atom. The van der Waals surface area contributed by atoms with E-state index in [1.807, 2.05) is 6.07 Å². The average molecular weight is 340 g/mol. The van der Waals surface area contributed by atoms with E-state index in [4.69, 9.17) is 9.47 Å². The van der Waals surface area contributed by atoms with Crippen molar-refractivity contribution < 1.29 is 14.3 Å². The molecule has 0 spiro atoms. The summed E-state index contributed by atoms with van der Waals surface area (Å²) in [6.45, 7) is 4.31. The number of hydrogen-bond acceptors (Lipinski definition) is 4. The highest BCUT2D eigenvalue weighted by Gasteiger charge is 2.19. The van der Waals surface area contributed by atoms with Gasteiger partial charge in [0.2, 0.25) is 0 Å². The molecule has 132 valence electrons. The Bertz CT molecular complexity index is 705. The van der Waals surface area contributed by atoms with Crippen molar-refractivity contribution in [3.63, 3.8) is 0 Å². The second-order valence-corrected chi connectivity index (χ2v) is 6.70. The third-order valence-electron chi connectivity index (χ3n) is 5.04. The zero-order valence-electron chi connectivity index (χ0n) is 14.4. The number of amides is 1. The number of allylic oxidation sites excluding steroid dienone is 3. The van der Waals surface area contributed by atoms with Gasteiger partial charge in [-0.05, 0) is 48.3 Å². The van der Waals surface area contributed by atoms with Crippen LogP contribution in [-0.4, -0.2) is 56.4 Å². The van der Waals surface area contributed by atoms with Crippen LogP contribution in [0.1, 0.15) is 21.5 Å². The zero-order chi connectivity index (χ0) is 17.1. The quantitative estimate of drug-likeness (QED) is 0.906. The number of benzene rings is 1. The zero-order valence-corrected chi connectivity index (χ0v) is 14.4. The topological polar surface area (TPSA) is 50.8 Å². The van der Waals surface area contributed by atoms with Crippen molar-refractivity contribution in [3.05, 3.63) is 58.8 Å². The lowest BCUT2D eigenvalue weighted by Crippen LogP contribution is -2.39. The predicted octanol–water partition coefficient (Wildman–Crippen LogP) is 1.69. The molecule has 2 heterocycles. The largest absolute Gasteiger partial charge is 0.376 e. The second-order valence-electron chi connectivity index (χ2n) is 6.70. The lowest BCUT2D eigenvalue weighted by atomic mass is 10.00. The van der Waals surface area contributed by atoms with E-state index in [0.717, 1.165) is 31.5 Å². The van der Waals surface area contributed by atoms with Gasteiger partial charge in [0, 0.05) is 30.9 Å². The first-order chi connectivity index (χ1) is 12.3. The molecule has 0 aromatic heterocycles. The molecule has 1 amide bonds. The maximum atomic E-state index is 12.5. The number of hydrogen-bond donors (Lipinski definition) is 1. The molecule has 0 radical (unpaired) electrons. The Morgan fingerprint density at radius 2 is 2.04 bits per heavy atom. The lowest BCUT2D eigenvalue weighted by molar-refractivity contribution is -0.0855. The number of carbonyl (C=O) groups is 1. The predicted molar refractivity (Wildman–Crippen MR) is 95.5 cm³/mol. The molecular formula is C20H24N2O3. The maximum Gasteiger partial charge on any atom is 0.251 e. The van der Waals surface area contributed by atoms with E-state index in [1.54, 1.807) is 0 Å². The first kappa shape index (κ1) is 16.4. The molecule has 1 aromatic rings. The van der Waals surface area contributed by atoms with Gasteiger partial charge < -0.3 is 19.7 Å². The average Bonchev–Trinajstić information content (AvgIpc) is 2.81. The molecule has 1 aliphatic carbocycles. The van der Waals surface area contributed by atoms with Gasteiger partial charge in [-0.3, -0.25) is 4.79 Å². The van der Waals surface area contributed by atoms with Crippen LogP contribution in [0.2, 0.25) is 0 Å². The highest BCUT2D eigenvalue weighted by atomic mass is 16.6. The molecule has 1 unspecified atom stereocenters. The molecule has 1 atom stereocenters. The number of rotatable bonds is 4. The molecule has 0 bridgehead atoms. The van der Waals surface area contributed by atoms with Crippen molar-refractivity contribution in [1.29, 1.82) is 0 Å². The minimum atomic E-state index is -0.0455. The SMILES string of the molecule is O=C(NCC1COCCO1)c1ccc2c(c1)CCN(C1=CC=C1)CC2. The van der Waals surface area contributed by atoms with Gasteiger partial charge in [0.25, 0.3) is 5.91 Å². The fraction of sp³-hybridized carbons (Fsp3) is 0.450. The molecular weight excluding hydrogens is 316 g/mol. The third-order valence-corrected chi connectivity index (χ3v) is 5.04. The van der Waals surface area contributed by atoms with Crippen molar-refractivity contribution >= 4 is 5.91 Å². The van der Waals surface area contributed by atoms with Crippen LogP contribution in [0.3, 0.4) is 0 Å². The number of nitrogens with zero attached hydrogens (tertiary/aromatic N) is 1. The fourth-order valence-corrected chi connectivity index (χ4v) is 3.48. The molecule has 25 heavy (non-hydrogen) atoms. The maximum absolute atomic E-state index is 12.5. The van der Waals surface area contributed by atoms with Crippen molar-refractivity contribution in [1.82, 2.24) is 10.2 Å². The molecule has 3 aliphatic rings. The van der Waals surface area contributed by atoms with Gasteiger partial charge in [-0.25, -0.2) is 0 Å². The number of ether oxygens (including phenoxy) is 2. The molecule has 4 rings (SSSR count). The Hall–Kier alpha value is -2.11. The number of fused-ring (bicyclic) bond motifs is 1. The first-order valence-electron chi connectivity index (χ1n) is 9.02. The second kappa shape index (κ2) is 7.42. The van der Waals surface area contributed by atoms with E-state index in [0.29, 0.717) is 26.4 Å². The van der Waals surface area contributed by atoms with Gasteiger partial charge in [-0.1, -0.05) is 12.1 Å². The standard InChI is InChI=1S/C20H24N2O3/c23-20(21-13-19-14-24-10-11-25-19)17-5-4-15-6-8-22(18-2-1-3-18)9-7-16(15)12-17/h1-5,12,19H,6-11,13-14H2,(H,21,23). The normalized spacial score (nSPS) is 22.5. The van der Waals surface area contributed by atoms with E-state index in [1.165, 1.54) is 16.8 Å². The van der Waals surface area contributed by atoms with Gasteiger partial charge in [-0.2, -0.15) is 0 Å². The van der Waals surface area contributed by atoms with Crippen LogP contribution in [0, 0.1) is 0 Å². The van der Waals surface area contributed by atoms with Crippen LogP contribution in [0.5, 0.6) is 0 Å². The highest BCUT2D eigenvalue weighted by Crippen LogP contribution is 2.22. The highest BCUT2D eigenvalue weighted by molar-refractivity contribution is 5.94. The van der Waals surface area contributed by atoms with E-state index in [9.17, 15) is 4.79 Å². The molecule has 5 heteroatoms. The smallest absolute Gasteiger partial charge is 0.251 e. The van der Waals surface area contributed by atoms with Crippen molar-refractivity contribution in [2.75, 3.05) is 39.5 Å². The minimum absolute atomic E-state index is 0.0392. The molecule has 5 nitrogen and oxygen atoms in total. The Kier molecular flexibility index (Phi) is 4.85. The summed E-state index contributed by atoms with van der Waals surface area (Å²) in [4.78, 5) is 14.9. The van der Waals surface area contributed by atoms with Crippen LogP contribution in [0.15, 0.2) is 42.1 Å². The van der Waals surface area contributed by atoms with Gasteiger partial charge in [0.15, 0.2) is 0 Å². The summed E-state index contributed by atoms with van der Waals surface area (Å²) in [6, 6.07) is 6.10. The summed E-state index contributed by atoms with van der Waals surface area (Å²) in [5.41, 5.74) is 4.69. The molecule has 1 N–H and O–H groups in total. The van der Waals surface area contributed by atoms with Gasteiger partial charge in [-0.15, -0.1) is 0 Å². The summed E-state index contributed by atoms with van der Waals surface area (Å²) < 4.78 is 10.9. The first-order valence-corrected chi connectivity index (χ1v) is 9.02. The lowest BCUT2D eigenvalue weighted by Gasteiger charge is -2.26. The Labute approximate surface area is 148 Å². The summed E-state index contributed by atoms with van der Waals surface area (Å²) in [7, 11) is 0. The molecule has 1 fully saturated rings. The van der Waals surface area contributed by atoms with E-state index >= 15 is 0 Å². The molecule has 1 saturated heterocycles. The van der Waals surface area contributed by atoms with Gasteiger partial charge >= 0.3 is 0 Å². The molecule has 2 aliphatic heterocycles. The molecule has 0 saturated carbocycles. The summed E-state index contributed by atoms with van der Waals surface area (Å²) in [5.74, 6) is -0.0392. The number of carbonyl (C=O) groups excluding carboxylic acids is 1. The van der Waals surface area contributed by atoms with E-state index in [2.05, 4.69) is 40.6 Å². The number of nitrogens with one attached hydrogen (secondary N) is 1. The van der Waals surface area contributed by atoms with Crippen molar-refractivity contribution in [3.8, 4) is 0 Å². The molecule has 1 aromatic carbocycles. The Morgan fingerprint density at radius 1 is 1.20 bits per heavy atom. The minimum Gasteiger partial charge on any atom is -0.376 e. The summed E-state index contributed by atoms with van der Waals surface area (Å²) in [6.07, 6.45) is 8.35. The van der Waals surface area contributed by atoms with Crippen LogP contribution in [-0.2, 0) is 22.3 Å².